The lowest BCUT2D eigenvalue weighted by atomic mass is 10.5. The van der Waals surface area contributed by atoms with Crippen LogP contribution in [-0.2, 0) is 14.8 Å². The summed E-state index contributed by atoms with van der Waals surface area (Å²) in [7, 11) is -3.45. The summed E-state index contributed by atoms with van der Waals surface area (Å²) >= 11 is 1.09. The van der Waals surface area contributed by atoms with Crippen LogP contribution in [0.25, 0.3) is 0 Å². The molecule has 0 saturated carbocycles. The molecule has 0 atom stereocenters. The molecule has 4 N–H and O–H groups in total. The zero-order valence-electron chi connectivity index (χ0n) is 9.26. The molecule has 0 unspecified atom stereocenters. The number of nitrogens with two attached hydrogens (primary N) is 1. The topological polar surface area (TPSA) is 102 Å². The highest BCUT2D eigenvalue weighted by Crippen LogP contribution is 2.21. The van der Waals surface area contributed by atoms with Gasteiger partial charge in [-0.25, -0.2) is 13.1 Å². The Bertz CT molecular complexity index is 430. The third-order valence-corrected chi connectivity index (χ3v) is 4.77. The molecule has 6 nitrogen and oxygen atoms in total. The number of ether oxygens (including phenoxy) is 1. The van der Waals surface area contributed by atoms with Gasteiger partial charge in [0.2, 0.25) is 10.0 Å². The van der Waals surface area contributed by atoms with Crippen LogP contribution in [0.15, 0.2) is 15.7 Å². The van der Waals surface area contributed by atoms with Crippen LogP contribution in [0.3, 0.4) is 0 Å². The van der Waals surface area contributed by atoms with E-state index in [0.717, 1.165) is 11.3 Å². The van der Waals surface area contributed by atoms with Crippen LogP contribution in [0.5, 0.6) is 0 Å². The molecule has 0 bridgehead atoms. The van der Waals surface area contributed by atoms with Gasteiger partial charge in [-0.05, 0) is 12.5 Å². The first kappa shape index (κ1) is 14.4. The Kier molecular flexibility index (Phi) is 5.86. The van der Waals surface area contributed by atoms with Gasteiger partial charge < -0.3 is 15.6 Å². The maximum Gasteiger partial charge on any atom is 0.250 e. The van der Waals surface area contributed by atoms with Crippen molar-refractivity contribution in [3.63, 3.8) is 0 Å². The van der Waals surface area contributed by atoms with Gasteiger partial charge in [0.25, 0.3) is 0 Å². The molecular weight excluding hydrogens is 264 g/mol. The van der Waals surface area contributed by atoms with Crippen LogP contribution in [0.2, 0.25) is 0 Å². The normalized spacial score (nSPS) is 11.8. The fourth-order valence-electron chi connectivity index (χ4n) is 1.09. The Morgan fingerprint density at radius 3 is 2.82 bits per heavy atom. The highest BCUT2D eigenvalue weighted by Gasteiger charge is 2.15. The van der Waals surface area contributed by atoms with Crippen molar-refractivity contribution in [2.45, 2.75) is 10.6 Å². The summed E-state index contributed by atoms with van der Waals surface area (Å²) < 4.78 is 31.1. The fourth-order valence-corrected chi connectivity index (χ4v) is 3.29. The van der Waals surface area contributed by atoms with E-state index in [2.05, 4.69) is 4.72 Å². The number of nitrogens with one attached hydrogen (secondary N) is 1. The van der Waals surface area contributed by atoms with Gasteiger partial charge in [0.15, 0.2) is 0 Å². The number of hydrogen-bond donors (Lipinski definition) is 3. The first-order valence-electron chi connectivity index (χ1n) is 5.08. The Labute approximate surface area is 104 Å². The lowest BCUT2D eigenvalue weighted by molar-refractivity contribution is 0.0913. The van der Waals surface area contributed by atoms with Crippen LogP contribution < -0.4 is 10.5 Å². The van der Waals surface area contributed by atoms with E-state index in [1.807, 2.05) is 0 Å². The molecule has 1 aromatic heterocycles. The van der Waals surface area contributed by atoms with Crippen molar-refractivity contribution in [2.75, 3.05) is 32.1 Å². The molecule has 0 aliphatic carbocycles. The lowest BCUT2D eigenvalue weighted by Crippen LogP contribution is -2.25. The van der Waals surface area contributed by atoms with Gasteiger partial charge in [-0.1, -0.05) is 0 Å². The summed E-state index contributed by atoms with van der Waals surface area (Å²) in [5, 5.41) is 10.0. The minimum Gasteiger partial charge on any atom is -0.398 e. The number of anilines is 1. The van der Waals surface area contributed by atoms with E-state index in [0.29, 0.717) is 25.3 Å². The molecule has 0 aromatic carbocycles. The first-order chi connectivity index (χ1) is 8.06. The van der Waals surface area contributed by atoms with Crippen LogP contribution >= 0.6 is 11.3 Å². The van der Waals surface area contributed by atoms with Gasteiger partial charge in [0.05, 0.1) is 13.2 Å². The average Bonchev–Trinajstić information content (AvgIpc) is 2.71. The second kappa shape index (κ2) is 6.92. The van der Waals surface area contributed by atoms with Crippen molar-refractivity contribution in [1.29, 1.82) is 0 Å². The monoisotopic (exact) mass is 280 g/mol. The van der Waals surface area contributed by atoms with E-state index in [-0.39, 0.29) is 17.4 Å². The second-order valence-electron chi connectivity index (χ2n) is 3.29. The molecule has 0 aliphatic heterocycles. The van der Waals surface area contributed by atoms with E-state index in [4.69, 9.17) is 15.6 Å². The Morgan fingerprint density at radius 1 is 1.47 bits per heavy atom. The zero-order chi connectivity index (χ0) is 12.7. The number of aliphatic hydroxyl groups excluding tert-OH is 1. The SMILES string of the molecule is Nc1csc(S(=O)(=O)NCCCOCCO)c1. The summed E-state index contributed by atoms with van der Waals surface area (Å²) in [5.41, 5.74) is 5.91. The van der Waals surface area contributed by atoms with E-state index in [1.54, 1.807) is 5.38 Å². The van der Waals surface area contributed by atoms with Gasteiger partial charge in [-0.15, -0.1) is 11.3 Å². The molecular formula is C9H16N2O4S2. The van der Waals surface area contributed by atoms with Crippen LogP contribution in [0, 0.1) is 0 Å². The Morgan fingerprint density at radius 2 is 2.24 bits per heavy atom. The fraction of sp³-hybridized carbons (Fsp3) is 0.556. The second-order valence-corrected chi connectivity index (χ2v) is 6.19. The van der Waals surface area contributed by atoms with Crippen molar-refractivity contribution < 1.29 is 18.3 Å². The molecule has 1 heterocycles. The van der Waals surface area contributed by atoms with Crippen LogP contribution in [0.1, 0.15) is 6.42 Å². The molecule has 0 saturated heterocycles. The average molecular weight is 280 g/mol. The summed E-state index contributed by atoms with van der Waals surface area (Å²) in [5.74, 6) is 0. The molecule has 0 aliphatic rings. The van der Waals surface area contributed by atoms with Gasteiger partial charge in [0.1, 0.15) is 4.21 Å². The van der Waals surface area contributed by atoms with Crippen molar-refractivity contribution >= 4 is 27.0 Å². The minimum absolute atomic E-state index is 0.0276. The van der Waals surface area contributed by atoms with Crippen molar-refractivity contribution in [3.05, 3.63) is 11.4 Å². The van der Waals surface area contributed by atoms with Gasteiger partial charge in [-0.2, -0.15) is 0 Å². The van der Waals surface area contributed by atoms with Gasteiger partial charge in [0, 0.05) is 24.2 Å². The quantitative estimate of drug-likeness (QED) is 0.582. The zero-order valence-corrected chi connectivity index (χ0v) is 10.9. The van der Waals surface area contributed by atoms with Crippen molar-refractivity contribution in [1.82, 2.24) is 4.72 Å². The summed E-state index contributed by atoms with van der Waals surface area (Å²) in [6.45, 7) is 0.954. The third kappa shape index (κ3) is 5.00. The van der Waals surface area contributed by atoms with Crippen LogP contribution in [-0.4, -0.2) is 39.9 Å². The smallest absolute Gasteiger partial charge is 0.250 e. The number of rotatable bonds is 8. The predicted molar refractivity (Wildman–Crippen MR) is 66.4 cm³/mol. The number of nitrogen functional groups attached to an aromatic ring is 1. The molecule has 0 spiro atoms. The van der Waals surface area contributed by atoms with E-state index < -0.39 is 10.0 Å². The van der Waals surface area contributed by atoms with E-state index in [9.17, 15) is 8.42 Å². The highest BCUT2D eigenvalue weighted by atomic mass is 32.2. The number of hydrogen-bond acceptors (Lipinski definition) is 6. The number of aliphatic hydroxyl groups is 1. The number of sulfonamides is 1. The number of thiophene rings is 1. The van der Waals surface area contributed by atoms with Crippen molar-refractivity contribution in [2.24, 2.45) is 0 Å². The first-order valence-corrected chi connectivity index (χ1v) is 7.45. The molecule has 0 radical (unpaired) electrons. The largest absolute Gasteiger partial charge is 0.398 e. The third-order valence-electron chi connectivity index (χ3n) is 1.85. The summed E-state index contributed by atoms with van der Waals surface area (Å²) in [4.78, 5) is 0. The van der Waals surface area contributed by atoms with E-state index >= 15 is 0 Å². The molecule has 8 heteroatoms. The summed E-state index contributed by atoms with van der Waals surface area (Å²) in [6.07, 6.45) is 0.556. The Hall–Kier alpha value is -0.670. The molecule has 0 fully saturated rings. The molecule has 1 aromatic rings. The molecule has 1 rings (SSSR count). The molecule has 98 valence electrons. The van der Waals surface area contributed by atoms with Gasteiger partial charge >= 0.3 is 0 Å². The van der Waals surface area contributed by atoms with Gasteiger partial charge in [-0.3, -0.25) is 0 Å². The highest BCUT2D eigenvalue weighted by molar-refractivity contribution is 7.91. The lowest BCUT2D eigenvalue weighted by Gasteiger charge is -2.04. The van der Waals surface area contributed by atoms with Crippen molar-refractivity contribution in [3.8, 4) is 0 Å². The summed E-state index contributed by atoms with van der Waals surface area (Å²) in [6, 6.07) is 1.43. The standard InChI is InChI=1S/C9H16N2O4S2/c10-8-6-9(16-7-8)17(13,14)11-2-1-4-15-5-3-12/h6-7,11-12H,1-5,10H2. The molecule has 17 heavy (non-hydrogen) atoms. The maximum atomic E-state index is 11.7. The Balaban J connectivity index is 2.31. The van der Waals surface area contributed by atoms with Crippen LogP contribution in [0.4, 0.5) is 5.69 Å². The minimum atomic E-state index is -3.45. The molecule has 0 amide bonds. The predicted octanol–water partition coefficient (Wildman–Crippen LogP) is 0.00760. The van der Waals surface area contributed by atoms with E-state index in [1.165, 1.54) is 6.07 Å². The maximum absolute atomic E-state index is 11.7.